The molecule has 7 heteroatoms. The van der Waals surface area contributed by atoms with E-state index < -0.39 is 11.0 Å². The van der Waals surface area contributed by atoms with E-state index in [9.17, 15) is 9.60 Å². The summed E-state index contributed by atoms with van der Waals surface area (Å²) in [5, 5.41) is 22.0. The number of aryl methyl sites for hydroxylation is 1. The Morgan fingerprint density at radius 1 is 1.33 bits per heavy atom. The molecule has 0 aliphatic carbocycles. The largest absolute Gasteiger partial charge is 0.595 e. The molecule has 0 radical (unpaired) electrons. The van der Waals surface area contributed by atoms with Crippen LogP contribution in [-0.2, 0) is 0 Å². The molecule has 0 aliphatic rings. The Morgan fingerprint density at radius 2 is 2.11 bits per heavy atom. The number of aromatic nitrogens is 2. The SMILES string of the molecule is Cc1nccc(Nc2ccc(F)cn2)c1[NH+]([O-])O. The van der Waals surface area contributed by atoms with E-state index in [0.29, 0.717) is 17.2 Å². The molecule has 0 bridgehead atoms. The molecule has 1 unspecified atom stereocenters. The summed E-state index contributed by atoms with van der Waals surface area (Å²) in [6.07, 6.45) is 2.55. The average molecular weight is 250 g/mol. The van der Waals surface area contributed by atoms with Gasteiger partial charge in [-0.25, -0.2) is 14.6 Å². The Bertz CT molecular complexity index is 545. The molecule has 1 atom stereocenters. The van der Waals surface area contributed by atoms with Crippen LogP contribution in [0.25, 0.3) is 0 Å². The lowest BCUT2D eigenvalue weighted by Gasteiger charge is -2.17. The molecule has 2 heterocycles. The third-order valence-corrected chi connectivity index (χ3v) is 2.34. The van der Waals surface area contributed by atoms with Crippen molar-refractivity contribution in [2.24, 2.45) is 0 Å². The predicted octanol–water partition coefficient (Wildman–Crippen LogP) is 1.07. The fourth-order valence-corrected chi connectivity index (χ4v) is 1.53. The van der Waals surface area contributed by atoms with Crippen molar-refractivity contribution in [2.45, 2.75) is 6.92 Å². The maximum atomic E-state index is 12.7. The van der Waals surface area contributed by atoms with E-state index in [1.807, 2.05) is 0 Å². The number of quaternary nitrogens is 1. The zero-order valence-corrected chi connectivity index (χ0v) is 9.51. The van der Waals surface area contributed by atoms with Crippen LogP contribution in [0.2, 0.25) is 0 Å². The van der Waals surface area contributed by atoms with E-state index >= 15 is 0 Å². The van der Waals surface area contributed by atoms with Crippen LogP contribution in [0.1, 0.15) is 5.69 Å². The first-order valence-electron chi connectivity index (χ1n) is 5.15. The smallest absolute Gasteiger partial charge is 0.208 e. The molecule has 0 spiro atoms. The lowest BCUT2D eigenvalue weighted by atomic mass is 10.2. The third-order valence-electron chi connectivity index (χ3n) is 2.34. The van der Waals surface area contributed by atoms with Crippen LogP contribution in [-0.4, -0.2) is 15.2 Å². The van der Waals surface area contributed by atoms with E-state index in [4.69, 9.17) is 5.21 Å². The number of pyridine rings is 2. The van der Waals surface area contributed by atoms with Gasteiger partial charge in [0.1, 0.15) is 23.0 Å². The molecule has 3 N–H and O–H groups in total. The summed E-state index contributed by atoms with van der Waals surface area (Å²) in [7, 11) is 0. The minimum Gasteiger partial charge on any atom is -0.595 e. The first-order chi connectivity index (χ1) is 8.58. The van der Waals surface area contributed by atoms with E-state index in [1.165, 1.54) is 24.4 Å². The van der Waals surface area contributed by atoms with Crippen LogP contribution in [0, 0.1) is 17.9 Å². The molecule has 2 aromatic rings. The predicted molar refractivity (Wildman–Crippen MR) is 62.2 cm³/mol. The molecular weight excluding hydrogens is 239 g/mol. The average Bonchev–Trinajstić information content (AvgIpc) is 2.32. The number of hydrogen-bond acceptors (Lipinski definition) is 5. The van der Waals surface area contributed by atoms with Gasteiger partial charge in [0.15, 0.2) is 0 Å². The zero-order valence-electron chi connectivity index (χ0n) is 9.51. The van der Waals surface area contributed by atoms with Crippen LogP contribution in [0.5, 0.6) is 0 Å². The minimum atomic E-state index is -1.08. The van der Waals surface area contributed by atoms with Gasteiger partial charge in [0.25, 0.3) is 0 Å². The van der Waals surface area contributed by atoms with Crippen molar-refractivity contribution in [3.63, 3.8) is 0 Å². The number of nitrogens with one attached hydrogen (secondary N) is 2. The third kappa shape index (κ3) is 2.59. The highest BCUT2D eigenvalue weighted by Gasteiger charge is 2.13. The fourth-order valence-electron chi connectivity index (χ4n) is 1.53. The molecule has 0 amide bonds. The highest BCUT2D eigenvalue weighted by molar-refractivity contribution is 5.68. The van der Waals surface area contributed by atoms with E-state index in [-0.39, 0.29) is 5.69 Å². The van der Waals surface area contributed by atoms with Gasteiger partial charge in [-0.15, -0.1) is 0 Å². The van der Waals surface area contributed by atoms with Gasteiger partial charge in [-0.1, -0.05) is 0 Å². The second-order valence-corrected chi connectivity index (χ2v) is 3.61. The number of nitrogens with zero attached hydrogens (tertiary/aromatic N) is 2. The van der Waals surface area contributed by atoms with Crippen LogP contribution in [0.15, 0.2) is 30.6 Å². The van der Waals surface area contributed by atoms with Gasteiger partial charge in [0.05, 0.1) is 6.20 Å². The number of rotatable bonds is 3. The van der Waals surface area contributed by atoms with Gasteiger partial charge < -0.3 is 10.5 Å². The molecular formula is C11H11FN4O2. The van der Waals surface area contributed by atoms with Gasteiger partial charge in [0, 0.05) is 6.20 Å². The number of anilines is 2. The maximum Gasteiger partial charge on any atom is 0.208 e. The standard InChI is InChI=1S/C11H11FN4O2/c1-7-11(16(17)18)9(4-5-13-7)15-10-3-2-8(12)6-14-10/h2-6,16-17H,1H3,(H,13,14,15). The number of halogens is 1. The number of hydrogen-bond donors (Lipinski definition) is 3. The highest BCUT2D eigenvalue weighted by Crippen LogP contribution is 2.22. The highest BCUT2D eigenvalue weighted by atomic mass is 19.1. The Kier molecular flexibility index (Phi) is 3.47. The molecule has 0 aliphatic heterocycles. The molecule has 6 nitrogen and oxygen atoms in total. The van der Waals surface area contributed by atoms with Crippen LogP contribution >= 0.6 is 0 Å². The van der Waals surface area contributed by atoms with Gasteiger partial charge in [-0.05, 0) is 25.1 Å². The summed E-state index contributed by atoms with van der Waals surface area (Å²) in [5.41, 5.74) is 0.840. The van der Waals surface area contributed by atoms with Crippen LogP contribution < -0.4 is 10.5 Å². The van der Waals surface area contributed by atoms with E-state index in [1.54, 1.807) is 6.92 Å². The summed E-state index contributed by atoms with van der Waals surface area (Å²) < 4.78 is 12.7. The van der Waals surface area contributed by atoms with Gasteiger partial charge in [-0.2, -0.15) is 5.23 Å². The van der Waals surface area contributed by atoms with Crippen molar-refractivity contribution in [3.8, 4) is 0 Å². The summed E-state index contributed by atoms with van der Waals surface area (Å²) in [6.45, 7) is 1.60. The van der Waals surface area contributed by atoms with Crippen molar-refractivity contribution < 1.29 is 14.8 Å². The van der Waals surface area contributed by atoms with E-state index in [2.05, 4.69) is 15.3 Å². The Balaban J connectivity index is 2.34. The van der Waals surface area contributed by atoms with E-state index in [0.717, 1.165) is 6.20 Å². The van der Waals surface area contributed by atoms with Gasteiger partial charge in [0.2, 0.25) is 5.69 Å². The first-order valence-corrected chi connectivity index (χ1v) is 5.15. The maximum absolute atomic E-state index is 12.7. The second kappa shape index (κ2) is 5.05. The molecule has 0 saturated heterocycles. The molecule has 18 heavy (non-hydrogen) atoms. The summed E-state index contributed by atoms with van der Waals surface area (Å²) in [6, 6.07) is 4.20. The van der Waals surface area contributed by atoms with Crippen molar-refractivity contribution in [3.05, 3.63) is 47.3 Å². The Hall–Kier alpha value is -2.09. The minimum absolute atomic E-state index is 0.0728. The van der Waals surface area contributed by atoms with Gasteiger partial charge in [-0.3, -0.25) is 4.98 Å². The Morgan fingerprint density at radius 3 is 2.72 bits per heavy atom. The normalized spacial score (nSPS) is 12.2. The molecule has 0 saturated carbocycles. The Labute approximate surface area is 102 Å². The van der Waals surface area contributed by atoms with Crippen LogP contribution in [0.4, 0.5) is 21.6 Å². The molecule has 0 fully saturated rings. The van der Waals surface area contributed by atoms with Crippen molar-refractivity contribution >= 4 is 17.2 Å². The molecule has 2 aromatic heterocycles. The lowest BCUT2D eigenvalue weighted by molar-refractivity contribution is -0.991. The van der Waals surface area contributed by atoms with Crippen molar-refractivity contribution in [1.29, 1.82) is 0 Å². The summed E-state index contributed by atoms with van der Waals surface area (Å²) in [5.74, 6) is -0.0885. The molecule has 2 rings (SSSR count). The topological polar surface area (TPSA) is 85.5 Å². The summed E-state index contributed by atoms with van der Waals surface area (Å²) in [4.78, 5) is 7.72. The first kappa shape index (κ1) is 12.4. The second-order valence-electron chi connectivity index (χ2n) is 3.61. The van der Waals surface area contributed by atoms with Crippen LogP contribution in [0.3, 0.4) is 0 Å². The van der Waals surface area contributed by atoms with Crippen molar-refractivity contribution in [2.75, 3.05) is 5.32 Å². The molecule has 0 aromatic carbocycles. The fraction of sp³-hybridized carbons (Fsp3) is 0.0909. The molecule has 94 valence electrons. The zero-order chi connectivity index (χ0) is 13.1. The lowest BCUT2D eigenvalue weighted by Crippen LogP contribution is -2.99. The monoisotopic (exact) mass is 250 g/mol. The summed E-state index contributed by atoms with van der Waals surface area (Å²) >= 11 is 0. The quantitative estimate of drug-likeness (QED) is 0.709. The van der Waals surface area contributed by atoms with Crippen molar-refractivity contribution in [1.82, 2.24) is 9.97 Å². The van der Waals surface area contributed by atoms with Gasteiger partial charge >= 0.3 is 0 Å².